The van der Waals surface area contributed by atoms with Crippen LogP contribution < -0.4 is 10.1 Å². The quantitative estimate of drug-likeness (QED) is 0.683. The molecule has 3 rings (SSSR count). The van der Waals surface area contributed by atoms with Crippen LogP contribution in [0.4, 0.5) is 0 Å². The molecule has 1 aromatic heterocycles. The van der Waals surface area contributed by atoms with Gasteiger partial charge in [-0.3, -0.25) is 4.79 Å². The van der Waals surface area contributed by atoms with Gasteiger partial charge < -0.3 is 14.6 Å². The Morgan fingerprint density at radius 3 is 2.72 bits per heavy atom. The molecule has 128 valence electrons. The van der Waals surface area contributed by atoms with E-state index in [1.54, 1.807) is 19.2 Å². The zero-order chi connectivity index (χ0) is 17.8. The molecule has 0 aliphatic rings. The summed E-state index contributed by atoms with van der Waals surface area (Å²) in [5.74, 6) is 1.11. The predicted octanol–water partition coefficient (Wildman–Crippen LogP) is 3.88. The molecule has 0 spiro atoms. The number of benzene rings is 2. The van der Waals surface area contributed by atoms with Crippen LogP contribution in [0.15, 0.2) is 59.6 Å². The lowest BCUT2D eigenvalue weighted by atomic mass is 10.2. The summed E-state index contributed by atoms with van der Waals surface area (Å²) in [5.41, 5.74) is 2.39. The smallest absolute Gasteiger partial charge is 0.255 e. The summed E-state index contributed by atoms with van der Waals surface area (Å²) in [7, 11) is 1.55. The Labute approximate surface area is 154 Å². The summed E-state index contributed by atoms with van der Waals surface area (Å²) in [4.78, 5) is 17.1. The van der Waals surface area contributed by atoms with E-state index < -0.39 is 0 Å². The van der Waals surface area contributed by atoms with Crippen LogP contribution in [0.5, 0.6) is 5.75 Å². The standard InChI is InChI=1S/C19H18BrN3O2/c1-13(20)12-23-16-9-5-4-8-15(16)22-18(23)11-21-19(24)14-7-3-6-10-17(14)25-2/h3-10H,1,11-12H2,2H3,(H,21,24). The van der Waals surface area contributed by atoms with Crippen LogP contribution in [0.25, 0.3) is 11.0 Å². The summed E-state index contributed by atoms with van der Waals surface area (Å²) < 4.78 is 8.12. The normalized spacial score (nSPS) is 10.6. The molecule has 1 heterocycles. The third kappa shape index (κ3) is 3.74. The minimum absolute atomic E-state index is 0.200. The molecule has 2 aromatic carbocycles. The molecule has 0 radical (unpaired) electrons. The number of imidazole rings is 1. The van der Waals surface area contributed by atoms with Crippen molar-refractivity contribution >= 4 is 32.9 Å². The van der Waals surface area contributed by atoms with Gasteiger partial charge in [0.05, 0.1) is 36.8 Å². The molecule has 25 heavy (non-hydrogen) atoms. The number of fused-ring (bicyclic) bond motifs is 1. The van der Waals surface area contributed by atoms with E-state index in [9.17, 15) is 4.79 Å². The number of ether oxygens (including phenoxy) is 1. The fraction of sp³-hybridized carbons (Fsp3) is 0.158. The molecule has 0 aliphatic heterocycles. The van der Waals surface area contributed by atoms with Crippen LogP contribution in [0.3, 0.4) is 0 Å². The number of halogens is 1. The van der Waals surface area contributed by atoms with Crippen molar-refractivity contribution in [3.05, 3.63) is 71.0 Å². The van der Waals surface area contributed by atoms with Crippen molar-refractivity contribution in [2.45, 2.75) is 13.1 Å². The molecule has 0 aliphatic carbocycles. The van der Waals surface area contributed by atoms with Crippen LogP contribution in [-0.2, 0) is 13.1 Å². The van der Waals surface area contributed by atoms with Gasteiger partial charge in [-0.05, 0) is 24.3 Å². The SMILES string of the molecule is C=C(Br)Cn1c(CNC(=O)c2ccccc2OC)nc2ccccc21. The van der Waals surface area contributed by atoms with Gasteiger partial charge in [-0.15, -0.1) is 0 Å². The molecule has 5 nitrogen and oxygen atoms in total. The van der Waals surface area contributed by atoms with E-state index in [2.05, 4.69) is 32.8 Å². The fourth-order valence-electron chi connectivity index (χ4n) is 2.70. The van der Waals surface area contributed by atoms with Crippen molar-refractivity contribution < 1.29 is 9.53 Å². The first kappa shape index (κ1) is 17.2. The molecule has 0 saturated carbocycles. The number of nitrogens with one attached hydrogen (secondary N) is 1. The number of hydrogen-bond donors (Lipinski definition) is 1. The lowest BCUT2D eigenvalue weighted by Crippen LogP contribution is -2.25. The maximum absolute atomic E-state index is 12.5. The van der Waals surface area contributed by atoms with Crippen molar-refractivity contribution in [3.8, 4) is 5.75 Å². The maximum atomic E-state index is 12.5. The monoisotopic (exact) mass is 399 g/mol. The van der Waals surface area contributed by atoms with Crippen LogP contribution in [-0.4, -0.2) is 22.6 Å². The predicted molar refractivity (Wildman–Crippen MR) is 102 cm³/mol. The number of para-hydroxylation sites is 3. The van der Waals surface area contributed by atoms with Gasteiger partial charge >= 0.3 is 0 Å². The van der Waals surface area contributed by atoms with Gasteiger partial charge in [-0.25, -0.2) is 4.98 Å². The zero-order valence-electron chi connectivity index (χ0n) is 13.8. The minimum Gasteiger partial charge on any atom is -0.496 e. The number of methoxy groups -OCH3 is 1. The van der Waals surface area contributed by atoms with Crippen molar-refractivity contribution in [3.63, 3.8) is 0 Å². The number of rotatable bonds is 6. The second-order valence-corrected chi connectivity index (χ2v) is 6.62. The summed E-state index contributed by atoms with van der Waals surface area (Å²) in [6.45, 7) is 4.80. The average molecular weight is 400 g/mol. The molecule has 1 N–H and O–H groups in total. The average Bonchev–Trinajstić information content (AvgIpc) is 2.96. The summed E-state index contributed by atoms with van der Waals surface area (Å²) >= 11 is 3.40. The Morgan fingerprint density at radius 1 is 1.24 bits per heavy atom. The fourth-order valence-corrected chi connectivity index (χ4v) is 2.95. The first-order valence-corrected chi connectivity index (χ1v) is 8.58. The molecule has 0 atom stereocenters. The number of carbonyl (C=O) groups is 1. The van der Waals surface area contributed by atoms with Gasteiger partial charge in [0.25, 0.3) is 5.91 Å². The van der Waals surface area contributed by atoms with Crippen molar-refractivity contribution in [2.24, 2.45) is 0 Å². The Morgan fingerprint density at radius 2 is 1.96 bits per heavy atom. The van der Waals surface area contributed by atoms with Gasteiger partial charge in [-0.1, -0.05) is 46.8 Å². The Balaban J connectivity index is 1.85. The number of allylic oxidation sites excluding steroid dienone is 1. The highest BCUT2D eigenvalue weighted by Gasteiger charge is 2.14. The number of amides is 1. The third-order valence-corrected chi connectivity index (χ3v) is 4.07. The first-order chi connectivity index (χ1) is 12.1. The topological polar surface area (TPSA) is 56.2 Å². The summed E-state index contributed by atoms with van der Waals surface area (Å²) in [6.07, 6.45) is 0. The molecule has 0 fully saturated rings. The van der Waals surface area contributed by atoms with Crippen LogP contribution in [0.2, 0.25) is 0 Å². The molecular formula is C19H18BrN3O2. The summed E-state index contributed by atoms with van der Waals surface area (Å²) in [6, 6.07) is 15.0. The van der Waals surface area contributed by atoms with Crippen LogP contribution >= 0.6 is 15.9 Å². The van der Waals surface area contributed by atoms with Gasteiger partial charge in [0.2, 0.25) is 0 Å². The lowest BCUT2D eigenvalue weighted by Gasteiger charge is -2.11. The van der Waals surface area contributed by atoms with Crippen LogP contribution in [0, 0.1) is 0 Å². The number of aromatic nitrogens is 2. The van der Waals surface area contributed by atoms with Crippen LogP contribution in [0.1, 0.15) is 16.2 Å². The van der Waals surface area contributed by atoms with E-state index >= 15 is 0 Å². The van der Waals surface area contributed by atoms with E-state index in [0.717, 1.165) is 21.3 Å². The highest BCUT2D eigenvalue weighted by atomic mass is 79.9. The molecule has 0 unspecified atom stereocenters. The Hall–Kier alpha value is -2.60. The molecular weight excluding hydrogens is 382 g/mol. The van der Waals surface area contributed by atoms with Crippen molar-refractivity contribution in [1.29, 1.82) is 0 Å². The van der Waals surface area contributed by atoms with E-state index in [0.29, 0.717) is 24.4 Å². The molecule has 6 heteroatoms. The number of nitrogens with zero attached hydrogens (tertiary/aromatic N) is 2. The number of carbonyl (C=O) groups excluding carboxylic acids is 1. The second-order valence-electron chi connectivity index (χ2n) is 5.50. The van der Waals surface area contributed by atoms with E-state index in [-0.39, 0.29) is 5.91 Å². The maximum Gasteiger partial charge on any atom is 0.255 e. The molecule has 0 saturated heterocycles. The minimum atomic E-state index is -0.200. The first-order valence-electron chi connectivity index (χ1n) is 7.79. The summed E-state index contributed by atoms with van der Waals surface area (Å²) in [5, 5.41) is 2.92. The Bertz CT molecular complexity index is 933. The van der Waals surface area contributed by atoms with Crippen molar-refractivity contribution in [2.75, 3.05) is 7.11 Å². The largest absolute Gasteiger partial charge is 0.496 e. The highest BCUT2D eigenvalue weighted by Crippen LogP contribution is 2.20. The van der Waals surface area contributed by atoms with Gasteiger partial charge in [0, 0.05) is 4.48 Å². The zero-order valence-corrected chi connectivity index (χ0v) is 15.4. The second kappa shape index (κ2) is 7.53. The highest BCUT2D eigenvalue weighted by molar-refractivity contribution is 9.11. The lowest BCUT2D eigenvalue weighted by molar-refractivity contribution is 0.0946. The van der Waals surface area contributed by atoms with E-state index in [1.165, 1.54) is 0 Å². The molecule has 3 aromatic rings. The van der Waals surface area contributed by atoms with Gasteiger partial charge in [-0.2, -0.15) is 0 Å². The molecule has 1 amide bonds. The Kier molecular flexibility index (Phi) is 5.19. The third-order valence-electron chi connectivity index (χ3n) is 3.82. The van der Waals surface area contributed by atoms with E-state index in [4.69, 9.17) is 4.74 Å². The van der Waals surface area contributed by atoms with Crippen molar-refractivity contribution in [1.82, 2.24) is 14.9 Å². The van der Waals surface area contributed by atoms with Gasteiger partial charge in [0.15, 0.2) is 0 Å². The number of hydrogen-bond acceptors (Lipinski definition) is 3. The molecule has 0 bridgehead atoms. The van der Waals surface area contributed by atoms with E-state index in [1.807, 2.05) is 41.0 Å². The van der Waals surface area contributed by atoms with Gasteiger partial charge in [0.1, 0.15) is 11.6 Å².